The van der Waals surface area contributed by atoms with Crippen molar-refractivity contribution in [2.45, 2.75) is 228 Å². The van der Waals surface area contributed by atoms with E-state index in [9.17, 15) is 0 Å². The van der Waals surface area contributed by atoms with Gasteiger partial charge in [-0.1, -0.05) is 136 Å². The number of ether oxygens (including phenoxy) is 2. The molecule has 0 amide bonds. The molecule has 0 aliphatic heterocycles. The first-order valence-electron chi connectivity index (χ1n) is 23.9. The Morgan fingerprint density at radius 1 is 0.759 bits per heavy atom. The Morgan fingerprint density at radius 2 is 1.50 bits per heavy atom. The van der Waals surface area contributed by atoms with Crippen LogP contribution in [0.25, 0.3) is 0 Å². The van der Waals surface area contributed by atoms with Gasteiger partial charge in [-0.3, -0.25) is 0 Å². The lowest BCUT2D eigenvalue weighted by Crippen LogP contribution is -2.51. The molecule has 3 saturated carbocycles. The van der Waals surface area contributed by atoms with Crippen LogP contribution in [0.5, 0.6) is 0 Å². The highest BCUT2D eigenvalue weighted by molar-refractivity contribution is 5.25. The second-order valence-electron chi connectivity index (χ2n) is 20.2. The normalized spacial score (nSPS) is 32.1. The molecule has 0 N–H and O–H groups in total. The Balaban J connectivity index is 1.24. The quantitative estimate of drug-likeness (QED) is 0.0527. The number of nitrogens with zero attached hydrogens (tertiary/aromatic N) is 1. The van der Waals surface area contributed by atoms with E-state index >= 15 is 0 Å². The van der Waals surface area contributed by atoms with Crippen molar-refractivity contribution in [3.05, 3.63) is 36.0 Å². The van der Waals surface area contributed by atoms with Crippen molar-refractivity contribution < 1.29 is 9.47 Å². The zero-order valence-electron chi connectivity index (χ0n) is 37.7. The van der Waals surface area contributed by atoms with E-state index in [0.717, 1.165) is 61.2 Å². The standard InChI is InChI=1S/C51H91NO2/c1-11-13-14-15-16-17-18-19-20-21-22-23-24-29-48(52(9)10)41(6)53-49(26-12-2)54-43-34-36-50(7)42(38-43)30-31-44-46-33-32-45(40(5)28-25-27-39(3)4)51(46,8)37-35-47(44)50/h16-17,19-20,30,39-41,43-49H,11-15,18,21-29,31-38H2,1-10H3/b17-16-,20-19-/t40-,41?,43?,44?,45-,46?,47?,48?,49?,50+,51-/m1/s1. The molecule has 4 aliphatic carbocycles. The molecule has 312 valence electrons. The number of likely N-dealkylation sites (N-methyl/N-ethyl adjacent to an activating group) is 1. The van der Waals surface area contributed by atoms with Gasteiger partial charge < -0.3 is 14.4 Å². The number of hydrogen-bond donors (Lipinski definition) is 0. The highest BCUT2D eigenvalue weighted by Crippen LogP contribution is 2.67. The van der Waals surface area contributed by atoms with Gasteiger partial charge in [0.2, 0.25) is 0 Å². The first-order valence-corrected chi connectivity index (χ1v) is 23.9. The lowest BCUT2D eigenvalue weighted by molar-refractivity contribution is -0.209. The van der Waals surface area contributed by atoms with Crippen molar-refractivity contribution in [3.8, 4) is 0 Å². The van der Waals surface area contributed by atoms with Crippen LogP contribution in [0, 0.1) is 46.3 Å². The summed E-state index contributed by atoms with van der Waals surface area (Å²) >= 11 is 0. The Labute approximate surface area is 337 Å². The van der Waals surface area contributed by atoms with Gasteiger partial charge in [0.1, 0.15) is 0 Å². The molecule has 0 bridgehead atoms. The summed E-state index contributed by atoms with van der Waals surface area (Å²) in [4.78, 5) is 2.39. The molecule has 7 unspecified atom stereocenters. The van der Waals surface area contributed by atoms with Crippen LogP contribution in [0.4, 0.5) is 0 Å². The molecule has 3 nitrogen and oxygen atoms in total. The van der Waals surface area contributed by atoms with Crippen LogP contribution in [0.1, 0.15) is 203 Å². The zero-order chi connectivity index (χ0) is 39.1. The number of hydrogen-bond acceptors (Lipinski definition) is 3. The average Bonchev–Trinajstić information content (AvgIpc) is 3.49. The van der Waals surface area contributed by atoms with E-state index in [1.165, 1.54) is 122 Å². The summed E-state index contributed by atoms with van der Waals surface area (Å²) in [6, 6.07) is 0.421. The van der Waals surface area contributed by atoms with Crippen LogP contribution >= 0.6 is 0 Å². The maximum Gasteiger partial charge on any atom is 0.158 e. The van der Waals surface area contributed by atoms with Crippen LogP contribution in [-0.4, -0.2) is 43.5 Å². The third-order valence-electron chi connectivity index (χ3n) is 15.7. The third kappa shape index (κ3) is 12.5. The molecule has 0 saturated heterocycles. The van der Waals surface area contributed by atoms with Gasteiger partial charge in [0.25, 0.3) is 0 Å². The topological polar surface area (TPSA) is 21.7 Å². The predicted molar refractivity (Wildman–Crippen MR) is 235 cm³/mol. The van der Waals surface area contributed by atoms with Crippen LogP contribution in [0.2, 0.25) is 0 Å². The Morgan fingerprint density at radius 3 is 2.19 bits per heavy atom. The maximum atomic E-state index is 6.96. The van der Waals surface area contributed by atoms with Gasteiger partial charge in [-0.05, 0) is 164 Å². The fourth-order valence-electron chi connectivity index (χ4n) is 12.4. The first kappa shape index (κ1) is 45.8. The van der Waals surface area contributed by atoms with Crippen molar-refractivity contribution in [2.24, 2.45) is 46.3 Å². The molecule has 11 atom stereocenters. The second-order valence-corrected chi connectivity index (χ2v) is 20.2. The number of fused-ring (bicyclic) bond motifs is 5. The highest BCUT2D eigenvalue weighted by atomic mass is 16.7. The first-order chi connectivity index (χ1) is 25.9. The molecule has 54 heavy (non-hydrogen) atoms. The van der Waals surface area contributed by atoms with Crippen molar-refractivity contribution in [1.29, 1.82) is 0 Å². The zero-order valence-corrected chi connectivity index (χ0v) is 37.7. The van der Waals surface area contributed by atoms with E-state index < -0.39 is 0 Å². The van der Waals surface area contributed by atoms with Gasteiger partial charge in [-0.25, -0.2) is 0 Å². The van der Waals surface area contributed by atoms with Crippen LogP contribution in [-0.2, 0) is 9.47 Å². The molecule has 3 heteroatoms. The monoisotopic (exact) mass is 750 g/mol. The van der Waals surface area contributed by atoms with E-state index in [2.05, 4.69) is 105 Å². The predicted octanol–water partition coefficient (Wildman–Crippen LogP) is 14.9. The molecule has 0 radical (unpaired) electrons. The summed E-state index contributed by atoms with van der Waals surface area (Å²) in [5.41, 5.74) is 2.67. The van der Waals surface area contributed by atoms with Gasteiger partial charge >= 0.3 is 0 Å². The Bertz CT molecular complexity index is 1140. The number of rotatable bonds is 25. The molecule has 0 aromatic carbocycles. The van der Waals surface area contributed by atoms with E-state index in [1.54, 1.807) is 5.57 Å². The smallest absolute Gasteiger partial charge is 0.158 e. The third-order valence-corrected chi connectivity index (χ3v) is 15.7. The largest absolute Gasteiger partial charge is 0.349 e. The molecule has 0 aromatic rings. The lowest BCUT2D eigenvalue weighted by atomic mass is 9.47. The van der Waals surface area contributed by atoms with Crippen molar-refractivity contribution in [3.63, 3.8) is 0 Å². The molecule has 4 aliphatic rings. The van der Waals surface area contributed by atoms with Crippen LogP contribution in [0.15, 0.2) is 36.0 Å². The summed E-state index contributed by atoms with van der Waals surface area (Å²) in [6.07, 6.45) is 42.2. The van der Waals surface area contributed by atoms with Crippen molar-refractivity contribution >= 4 is 0 Å². The second kappa shape index (κ2) is 22.9. The fourth-order valence-corrected chi connectivity index (χ4v) is 12.4. The average molecular weight is 750 g/mol. The van der Waals surface area contributed by atoms with Gasteiger partial charge in [0, 0.05) is 6.04 Å². The molecule has 4 rings (SSSR count). The summed E-state index contributed by atoms with van der Waals surface area (Å²) in [5.74, 6) is 5.36. The number of allylic oxidation sites excluding steroid dienone is 5. The van der Waals surface area contributed by atoms with Crippen LogP contribution in [0.3, 0.4) is 0 Å². The molecule has 0 heterocycles. The summed E-state index contributed by atoms with van der Waals surface area (Å²) in [5, 5.41) is 0. The summed E-state index contributed by atoms with van der Waals surface area (Å²) in [6.45, 7) is 19.7. The lowest BCUT2D eigenvalue weighted by Gasteiger charge is -2.58. The molecular formula is C51H91NO2. The Hall–Kier alpha value is -0.900. The minimum atomic E-state index is -0.0992. The summed E-state index contributed by atoms with van der Waals surface area (Å²) in [7, 11) is 4.47. The number of unbranched alkanes of at least 4 members (excludes halogenated alkanes) is 6. The van der Waals surface area contributed by atoms with E-state index in [1.807, 2.05) is 0 Å². The van der Waals surface area contributed by atoms with Gasteiger partial charge in [-0.2, -0.15) is 0 Å². The van der Waals surface area contributed by atoms with E-state index in [-0.39, 0.29) is 12.4 Å². The molecular weight excluding hydrogens is 659 g/mol. The van der Waals surface area contributed by atoms with Gasteiger partial charge in [0.05, 0.1) is 12.2 Å². The van der Waals surface area contributed by atoms with Crippen molar-refractivity contribution in [2.75, 3.05) is 14.1 Å². The minimum absolute atomic E-state index is 0.0992. The van der Waals surface area contributed by atoms with Crippen LogP contribution < -0.4 is 0 Å². The Kier molecular flexibility index (Phi) is 19.4. The maximum absolute atomic E-state index is 6.96. The van der Waals surface area contributed by atoms with E-state index in [4.69, 9.17) is 9.47 Å². The highest BCUT2D eigenvalue weighted by Gasteiger charge is 2.59. The molecule has 0 aromatic heterocycles. The SMILES string of the molecule is CCCCC/C=C\C/C=C\CCCCCC(C(C)OC(CCC)OC1CC[C@@]2(C)C(=CCC3C2CC[C@@]2(C)C3CC[C@@H]2[C@H](C)CCCC(C)C)C1)N(C)C. The van der Waals surface area contributed by atoms with Crippen molar-refractivity contribution in [1.82, 2.24) is 4.90 Å². The minimum Gasteiger partial charge on any atom is -0.349 e. The molecule has 3 fully saturated rings. The van der Waals surface area contributed by atoms with Gasteiger partial charge in [0.15, 0.2) is 6.29 Å². The fraction of sp³-hybridized carbons (Fsp3) is 0.882. The summed E-state index contributed by atoms with van der Waals surface area (Å²) < 4.78 is 13.8. The van der Waals surface area contributed by atoms with E-state index in [0.29, 0.717) is 23.0 Å². The molecule has 0 spiro atoms. The van der Waals surface area contributed by atoms with Gasteiger partial charge in [-0.15, -0.1) is 0 Å².